The van der Waals surface area contributed by atoms with E-state index in [2.05, 4.69) is 18.7 Å². The van der Waals surface area contributed by atoms with Gasteiger partial charge in [-0.1, -0.05) is 30.7 Å². The van der Waals surface area contributed by atoms with Crippen LogP contribution in [0.1, 0.15) is 25.8 Å². The van der Waals surface area contributed by atoms with Crippen LogP contribution in [0.3, 0.4) is 0 Å². The quantitative estimate of drug-likeness (QED) is 0.821. The minimum absolute atomic E-state index is 0.343. The van der Waals surface area contributed by atoms with Gasteiger partial charge in [-0.05, 0) is 31.5 Å². The Morgan fingerprint density at radius 1 is 1.44 bits per heavy atom. The molecule has 0 amide bonds. The Hall–Kier alpha value is -0.800. The lowest BCUT2D eigenvalue weighted by atomic mass is 10.2. The van der Waals surface area contributed by atoms with E-state index in [0.717, 1.165) is 30.8 Å². The molecular formula is C12H17ClN2S. The molecule has 1 rings (SSSR count). The van der Waals surface area contributed by atoms with E-state index in [0.29, 0.717) is 10.0 Å². The summed E-state index contributed by atoms with van der Waals surface area (Å²) in [6, 6.07) is 5.83. The van der Waals surface area contributed by atoms with Gasteiger partial charge < -0.3 is 10.6 Å². The maximum atomic E-state index is 6.13. The van der Waals surface area contributed by atoms with Crippen LogP contribution >= 0.6 is 23.8 Å². The van der Waals surface area contributed by atoms with E-state index < -0.39 is 0 Å². The second kappa shape index (κ2) is 6.06. The van der Waals surface area contributed by atoms with E-state index in [9.17, 15) is 0 Å². The lowest BCUT2D eigenvalue weighted by Crippen LogP contribution is -2.23. The summed E-state index contributed by atoms with van der Waals surface area (Å²) >= 11 is 11.0. The Kier molecular flexibility index (Phi) is 5.03. The van der Waals surface area contributed by atoms with Gasteiger partial charge in [0.05, 0.1) is 5.02 Å². The normalized spacial score (nSPS) is 10.2. The highest BCUT2D eigenvalue weighted by molar-refractivity contribution is 7.80. The van der Waals surface area contributed by atoms with Gasteiger partial charge in [-0.25, -0.2) is 0 Å². The minimum atomic E-state index is 0.343. The molecule has 1 aromatic rings. The van der Waals surface area contributed by atoms with E-state index in [1.165, 1.54) is 0 Å². The molecule has 0 radical (unpaired) electrons. The lowest BCUT2D eigenvalue weighted by molar-refractivity contribution is 0.792. The SMILES string of the molecule is CCCN(CC)c1ccc(C(N)=S)c(Cl)c1. The molecule has 0 unspecified atom stereocenters. The summed E-state index contributed by atoms with van der Waals surface area (Å²) in [7, 11) is 0. The summed E-state index contributed by atoms with van der Waals surface area (Å²) in [5.41, 5.74) is 7.43. The van der Waals surface area contributed by atoms with Gasteiger partial charge in [0.2, 0.25) is 0 Å². The smallest absolute Gasteiger partial charge is 0.105 e. The molecular weight excluding hydrogens is 240 g/mol. The molecule has 16 heavy (non-hydrogen) atoms. The van der Waals surface area contributed by atoms with Crippen molar-refractivity contribution >= 4 is 34.5 Å². The topological polar surface area (TPSA) is 29.3 Å². The molecule has 0 aliphatic heterocycles. The molecule has 0 fully saturated rings. The molecule has 0 bridgehead atoms. The van der Waals surface area contributed by atoms with Gasteiger partial charge in [0.1, 0.15) is 4.99 Å². The van der Waals surface area contributed by atoms with Gasteiger partial charge in [-0.2, -0.15) is 0 Å². The highest BCUT2D eigenvalue weighted by Crippen LogP contribution is 2.23. The van der Waals surface area contributed by atoms with Crippen LogP contribution in [0.25, 0.3) is 0 Å². The summed E-state index contributed by atoms with van der Waals surface area (Å²) in [5, 5.41) is 0.625. The number of nitrogens with zero attached hydrogens (tertiary/aromatic N) is 1. The van der Waals surface area contributed by atoms with Crippen LogP contribution in [0.2, 0.25) is 5.02 Å². The van der Waals surface area contributed by atoms with Crippen molar-refractivity contribution in [2.75, 3.05) is 18.0 Å². The van der Waals surface area contributed by atoms with Crippen LogP contribution in [0.4, 0.5) is 5.69 Å². The van der Waals surface area contributed by atoms with Crippen molar-refractivity contribution in [2.24, 2.45) is 5.73 Å². The minimum Gasteiger partial charge on any atom is -0.389 e. The number of rotatable bonds is 5. The Labute approximate surface area is 107 Å². The summed E-state index contributed by atoms with van der Waals surface area (Å²) < 4.78 is 0. The molecule has 4 heteroatoms. The van der Waals surface area contributed by atoms with Gasteiger partial charge in [-0.3, -0.25) is 0 Å². The number of hydrogen-bond donors (Lipinski definition) is 1. The number of anilines is 1. The fraction of sp³-hybridized carbons (Fsp3) is 0.417. The second-order valence-electron chi connectivity index (χ2n) is 3.61. The molecule has 0 aliphatic carbocycles. The lowest BCUT2D eigenvalue weighted by Gasteiger charge is -2.23. The van der Waals surface area contributed by atoms with Crippen molar-refractivity contribution in [1.29, 1.82) is 0 Å². The predicted molar refractivity (Wildman–Crippen MR) is 75.5 cm³/mol. The molecule has 0 aliphatic rings. The van der Waals surface area contributed by atoms with E-state index in [-0.39, 0.29) is 0 Å². The summed E-state index contributed by atoms with van der Waals surface area (Å²) in [6.07, 6.45) is 1.11. The number of halogens is 1. The first kappa shape index (κ1) is 13.3. The third-order valence-electron chi connectivity index (χ3n) is 2.46. The third-order valence-corrected chi connectivity index (χ3v) is 2.99. The first-order valence-corrected chi connectivity index (χ1v) is 6.23. The van der Waals surface area contributed by atoms with Crippen molar-refractivity contribution in [3.63, 3.8) is 0 Å². The van der Waals surface area contributed by atoms with Crippen LogP contribution in [0, 0.1) is 0 Å². The zero-order valence-electron chi connectivity index (χ0n) is 9.66. The second-order valence-corrected chi connectivity index (χ2v) is 4.46. The fourth-order valence-electron chi connectivity index (χ4n) is 1.64. The average molecular weight is 257 g/mol. The van der Waals surface area contributed by atoms with Crippen LogP contribution in [-0.2, 0) is 0 Å². The summed E-state index contributed by atoms with van der Waals surface area (Å²) in [5.74, 6) is 0. The fourth-order valence-corrected chi connectivity index (χ4v) is 2.15. The number of benzene rings is 1. The van der Waals surface area contributed by atoms with Crippen LogP contribution < -0.4 is 10.6 Å². The Balaban J connectivity index is 2.99. The van der Waals surface area contributed by atoms with Gasteiger partial charge in [0.25, 0.3) is 0 Å². The van der Waals surface area contributed by atoms with Crippen molar-refractivity contribution in [3.05, 3.63) is 28.8 Å². The monoisotopic (exact) mass is 256 g/mol. The molecule has 0 aromatic heterocycles. The maximum absolute atomic E-state index is 6.13. The van der Waals surface area contributed by atoms with Crippen LogP contribution in [0.5, 0.6) is 0 Å². The van der Waals surface area contributed by atoms with E-state index in [4.69, 9.17) is 29.6 Å². The van der Waals surface area contributed by atoms with Gasteiger partial charge in [0.15, 0.2) is 0 Å². The van der Waals surface area contributed by atoms with Crippen molar-refractivity contribution < 1.29 is 0 Å². The van der Waals surface area contributed by atoms with Crippen molar-refractivity contribution in [2.45, 2.75) is 20.3 Å². The molecule has 0 atom stereocenters. The van der Waals surface area contributed by atoms with E-state index in [1.807, 2.05) is 18.2 Å². The van der Waals surface area contributed by atoms with E-state index >= 15 is 0 Å². The Morgan fingerprint density at radius 2 is 2.12 bits per heavy atom. The zero-order chi connectivity index (χ0) is 12.1. The summed E-state index contributed by atoms with van der Waals surface area (Å²) in [6.45, 7) is 6.29. The number of thiocarbonyl (C=S) groups is 1. The Morgan fingerprint density at radius 3 is 2.56 bits per heavy atom. The maximum Gasteiger partial charge on any atom is 0.105 e. The molecule has 88 valence electrons. The molecule has 1 aromatic carbocycles. The van der Waals surface area contributed by atoms with Gasteiger partial charge in [-0.15, -0.1) is 0 Å². The van der Waals surface area contributed by atoms with Crippen molar-refractivity contribution in [3.8, 4) is 0 Å². The molecule has 2 N–H and O–H groups in total. The first-order chi connectivity index (χ1) is 7.60. The highest BCUT2D eigenvalue weighted by atomic mass is 35.5. The molecule has 2 nitrogen and oxygen atoms in total. The highest BCUT2D eigenvalue weighted by Gasteiger charge is 2.08. The largest absolute Gasteiger partial charge is 0.389 e. The standard InChI is InChI=1S/C12H17ClN2S/c1-3-7-15(4-2)9-5-6-10(12(14)16)11(13)8-9/h5-6,8H,3-4,7H2,1-2H3,(H2,14,16). The van der Waals surface area contributed by atoms with Crippen LogP contribution in [-0.4, -0.2) is 18.1 Å². The molecule has 0 saturated heterocycles. The van der Waals surface area contributed by atoms with Crippen LogP contribution in [0.15, 0.2) is 18.2 Å². The van der Waals surface area contributed by atoms with E-state index in [1.54, 1.807) is 0 Å². The number of nitrogens with two attached hydrogens (primary N) is 1. The number of hydrogen-bond acceptors (Lipinski definition) is 2. The molecule has 0 saturated carbocycles. The average Bonchev–Trinajstić information content (AvgIpc) is 2.25. The van der Waals surface area contributed by atoms with Gasteiger partial charge >= 0.3 is 0 Å². The first-order valence-electron chi connectivity index (χ1n) is 5.44. The molecule has 0 spiro atoms. The predicted octanol–water partition coefficient (Wildman–Crippen LogP) is 3.21. The Bertz CT molecular complexity index is 379. The van der Waals surface area contributed by atoms with Gasteiger partial charge in [0, 0.05) is 24.3 Å². The zero-order valence-corrected chi connectivity index (χ0v) is 11.2. The molecule has 0 heterocycles. The summed E-state index contributed by atoms with van der Waals surface area (Å²) in [4.78, 5) is 2.62. The van der Waals surface area contributed by atoms with Crippen molar-refractivity contribution in [1.82, 2.24) is 0 Å². The third kappa shape index (κ3) is 3.09.